The van der Waals surface area contributed by atoms with Gasteiger partial charge in [-0.05, 0) is 40.8 Å². The minimum atomic E-state index is -0.457. The summed E-state index contributed by atoms with van der Waals surface area (Å²) >= 11 is 8.39. The highest BCUT2D eigenvalue weighted by molar-refractivity contribution is 14.1. The SMILES string of the molecule is COC(=O)c1cc(Cl)c2nnc(-c3ccc(I)cc3)n2c1. The number of pyridine rings is 1. The van der Waals surface area contributed by atoms with E-state index >= 15 is 0 Å². The highest BCUT2D eigenvalue weighted by Crippen LogP contribution is 2.24. The smallest absolute Gasteiger partial charge is 0.339 e. The number of rotatable bonds is 2. The second-order valence-corrected chi connectivity index (χ2v) is 5.95. The molecule has 2 heterocycles. The fourth-order valence-electron chi connectivity index (χ4n) is 1.98. The van der Waals surface area contributed by atoms with Gasteiger partial charge in [-0.1, -0.05) is 23.7 Å². The molecule has 0 bridgehead atoms. The van der Waals surface area contributed by atoms with Gasteiger partial charge in [0.15, 0.2) is 11.5 Å². The normalized spacial score (nSPS) is 10.8. The zero-order valence-electron chi connectivity index (χ0n) is 10.9. The number of fused-ring (bicyclic) bond motifs is 1. The van der Waals surface area contributed by atoms with Crippen LogP contribution in [-0.2, 0) is 4.74 Å². The Morgan fingerprint density at radius 1 is 1.29 bits per heavy atom. The van der Waals surface area contributed by atoms with Crippen LogP contribution in [0.4, 0.5) is 0 Å². The summed E-state index contributed by atoms with van der Waals surface area (Å²) in [5.41, 5.74) is 1.74. The molecule has 0 spiro atoms. The fourth-order valence-corrected chi connectivity index (χ4v) is 2.59. The molecule has 2 aromatic heterocycles. The molecule has 0 saturated heterocycles. The standard InChI is InChI=1S/C14H9ClIN3O2/c1-21-14(20)9-6-11(15)13-18-17-12(19(13)7-9)8-2-4-10(16)5-3-8/h2-7H,1H3. The summed E-state index contributed by atoms with van der Waals surface area (Å²) in [5.74, 6) is 0.162. The molecular weight excluding hydrogens is 405 g/mol. The molecule has 0 unspecified atom stereocenters. The molecule has 0 amide bonds. The Labute approximate surface area is 139 Å². The Morgan fingerprint density at radius 3 is 2.67 bits per heavy atom. The molecule has 106 valence electrons. The highest BCUT2D eigenvalue weighted by atomic mass is 127. The molecule has 0 aliphatic heterocycles. The van der Waals surface area contributed by atoms with Gasteiger partial charge in [-0.25, -0.2) is 4.79 Å². The number of hydrogen-bond acceptors (Lipinski definition) is 4. The van der Waals surface area contributed by atoms with Crippen LogP contribution in [0.5, 0.6) is 0 Å². The lowest BCUT2D eigenvalue weighted by Gasteiger charge is -2.04. The van der Waals surface area contributed by atoms with Gasteiger partial charge in [-0.3, -0.25) is 4.40 Å². The molecule has 0 fully saturated rings. The van der Waals surface area contributed by atoms with Crippen molar-refractivity contribution in [3.8, 4) is 11.4 Å². The van der Waals surface area contributed by atoms with Crippen LogP contribution in [0.25, 0.3) is 17.0 Å². The maximum atomic E-state index is 11.7. The Kier molecular flexibility index (Phi) is 3.81. The zero-order valence-corrected chi connectivity index (χ0v) is 13.8. The highest BCUT2D eigenvalue weighted by Gasteiger charge is 2.15. The lowest BCUT2D eigenvalue weighted by Crippen LogP contribution is -2.03. The predicted octanol–water partition coefficient (Wildman–Crippen LogP) is 3.44. The number of carbonyl (C=O) groups is 1. The Morgan fingerprint density at radius 2 is 2.00 bits per heavy atom. The quantitative estimate of drug-likeness (QED) is 0.477. The van der Waals surface area contributed by atoms with Crippen molar-refractivity contribution < 1.29 is 9.53 Å². The first-order valence-electron chi connectivity index (χ1n) is 5.98. The van der Waals surface area contributed by atoms with Crippen LogP contribution in [0.2, 0.25) is 5.02 Å². The summed E-state index contributed by atoms with van der Waals surface area (Å²) in [6, 6.07) is 9.36. The molecular formula is C14H9ClIN3O2. The van der Waals surface area contributed by atoms with Gasteiger partial charge >= 0.3 is 5.97 Å². The number of ether oxygens (including phenoxy) is 1. The van der Waals surface area contributed by atoms with Gasteiger partial charge in [0, 0.05) is 15.3 Å². The maximum Gasteiger partial charge on any atom is 0.339 e. The van der Waals surface area contributed by atoms with Crippen molar-refractivity contribution in [3.05, 3.63) is 50.7 Å². The maximum absolute atomic E-state index is 11.7. The summed E-state index contributed by atoms with van der Waals surface area (Å²) in [6.45, 7) is 0. The number of benzene rings is 1. The second-order valence-electron chi connectivity index (χ2n) is 4.29. The Hall–Kier alpha value is -1.67. The van der Waals surface area contributed by atoms with Crippen molar-refractivity contribution in [1.82, 2.24) is 14.6 Å². The van der Waals surface area contributed by atoms with E-state index < -0.39 is 5.97 Å². The van der Waals surface area contributed by atoms with Crippen LogP contribution < -0.4 is 0 Å². The minimum Gasteiger partial charge on any atom is -0.465 e. The third kappa shape index (κ3) is 2.60. The fraction of sp³-hybridized carbons (Fsp3) is 0.0714. The van der Waals surface area contributed by atoms with Gasteiger partial charge in [0.25, 0.3) is 0 Å². The van der Waals surface area contributed by atoms with Crippen molar-refractivity contribution in [2.75, 3.05) is 7.11 Å². The monoisotopic (exact) mass is 413 g/mol. The van der Waals surface area contributed by atoms with Crippen molar-refractivity contribution in [2.45, 2.75) is 0 Å². The summed E-state index contributed by atoms with van der Waals surface area (Å²) in [4.78, 5) is 11.7. The van der Waals surface area contributed by atoms with Gasteiger partial charge in [-0.15, -0.1) is 10.2 Å². The van der Waals surface area contributed by atoms with Crippen molar-refractivity contribution in [2.24, 2.45) is 0 Å². The van der Waals surface area contributed by atoms with Crippen LogP contribution >= 0.6 is 34.2 Å². The molecule has 3 rings (SSSR count). The first-order valence-corrected chi connectivity index (χ1v) is 7.44. The van der Waals surface area contributed by atoms with Crippen molar-refractivity contribution >= 4 is 45.8 Å². The molecule has 0 saturated carbocycles. The number of nitrogens with zero attached hydrogens (tertiary/aromatic N) is 3. The summed E-state index contributed by atoms with van der Waals surface area (Å²) in [5, 5.41) is 8.58. The molecule has 1 aromatic carbocycles. The second kappa shape index (κ2) is 5.61. The first-order chi connectivity index (χ1) is 10.1. The Bertz CT molecular complexity index is 830. The van der Waals surface area contributed by atoms with E-state index in [4.69, 9.17) is 16.3 Å². The van der Waals surface area contributed by atoms with E-state index in [0.29, 0.717) is 22.1 Å². The summed E-state index contributed by atoms with van der Waals surface area (Å²) in [7, 11) is 1.33. The molecule has 5 nitrogen and oxygen atoms in total. The van der Waals surface area contributed by atoms with Crippen LogP contribution in [0.1, 0.15) is 10.4 Å². The average molecular weight is 414 g/mol. The third-order valence-corrected chi connectivity index (χ3v) is 3.98. The first kappa shape index (κ1) is 14.3. The molecule has 0 radical (unpaired) electrons. The van der Waals surface area contributed by atoms with Crippen LogP contribution in [0, 0.1) is 3.57 Å². The van der Waals surface area contributed by atoms with Gasteiger partial charge in [0.05, 0.1) is 17.7 Å². The minimum absolute atomic E-state index is 0.349. The molecule has 0 aliphatic carbocycles. The lowest BCUT2D eigenvalue weighted by atomic mass is 10.2. The predicted molar refractivity (Wildman–Crippen MR) is 87.5 cm³/mol. The van der Waals surface area contributed by atoms with E-state index in [1.165, 1.54) is 13.2 Å². The van der Waals surface area contributed by atoms with Crippen molar-refractivity contribution in [3.63, 3.8) is 0 Å². The van der Waals surface area contributed by atoms with Gasteiger partial charge in [0.1, 0.15) is 0 Å². The number of esters is 1. The largest absolute Gasteiger partial charge is 0.465 e. The van der Waals surface area contributed by atoms with E-state index in [2.05, 4.69) is 32.8 Å². The van der Waals surface area contributed by atoms with Crippen molar-refractivity contribution in [1.29, 1.82) is 0 Å². The number of methoxy groups -OCH3 is 1. The summed E-state index contributed by atoms with van der Waals surface area (Å²) < 4.78 is 7.54. The topological polar surface area (TPSA) is 56.5 Å². The summed E-state index contributed by atoms with van der Waals surface area (Å²) in [6.07, 6.45) is 1.63. The zero-order chi connectivity index (χ0) is 15.0. The van der Waals surface area contributed by atoms with Crippen LogP contribution in [-0.4, -0.2) is 27.7 Å². The molecule has 0 atom stereocenters. The molecule has 3 aromatic rings. The van der Waals surface area contributed by atoms with Crippen LogP contribution in [0.15, 0.2) is 36.5 Å². The third-order valence-electron chi connectivity index (χ3n) is 2.98. The molecule has 0 aliphatic rings. The number of hydrogen-bond donors (Lipinski definition) is 0. The average Bonchev–Trinajstić information content (AvgIpc) is 2.91. The number of carbonyl (C=O) groups excluding carboxylic acids is 1. The molecule has 7 heteroatoms. The molecule has 0 N–H and O–H groups in total. The van der Waals surface area contributed by atoms with E-state index in [1.54, 1.807) is 10.6 Å². The molecule has 21 heavy (non-hydrogen) atoms. The van der Waals surface area contributed by atoms with Gasteiger partial charge < -0.3 is 4.74 Å². The van der Waals surface area contributed by atoms with Gasteiger partial charge in [-0.2, -0.15) is 0 Å². The van der Waals surface area contributed by atoms with E-state index in [-0.39, 0.29) is 0 Å². The van der Waals surface area contributed by atoms with E-state index in [0.717, 1.165) is 9.13 Å². The van der Waals surface area contributed by atoms with Crippen LogP contribution in [0.3, 0.4) is 0 Å². The Balaban J connectivity index is 2.22. The van der Waals surface area contributed by atoms with E-state index in [9.17, 15) is 4.79 Å². The lowest BCUT2D eigenvalue weighted by molar-refractivity contribution is 0.0600. The van der Waals surface area contributed by atoms with E-state index in [1.807, 2.05) is 24.3 Å². The van der Waals surface area contributed by atoms with Gasteiger partial charge in [0.2, 0.25) is 0 Å². The number of aromatic nitrogens is 3. The number of halogens is 2.